The molecule has 120 valence electrons. The molecule has 0 aliphatic rings. The molecule has 0 aliphatic carbocycles. The number of nitrogens with one attached hydrogen (secondary N) is 1. The third kappa shape index (κ3) is 5.23. The summed E-state index contributed by atoms with van der Waals surface area (Å²) in [5.41, 5.74) is 0.366. The molecular weight excluding hydrogens is 277 g/mol. The first-order chi connectivity index (χ1) is 9.79. The van der Waals surface area contributed by atoms with Crippen LogP contribution in [0, 0.1) is 5.92 Å². The Morgan fingerprint density at radius 1 is 1.24 bits per heavy atom. The molecule has 0 saturated carbocycles. The van der Waals surface area contributed by atoms with E-state index < -0.39 is 11.7 Å². The van der Waals surface area contributed by atoms with Gasteiger partial charge in [0.25, 0.3) is 0 Å². The van der Waals surface area contributed by atoms with Crippen LogP contribution < -0.4 is 10.2 Å². The second kappa shape index (κ2) is 7.69. The average molecular weight is 302 g/mol. The molecule has 0 aliphatic heterocycles. The summed E-state index contributed by atoms with van der Waals surface area (Å²) in [4.78, 5) is 1.89. The van der Waals surface area contributed by atoms with E-state index >= 15 is 0 Å². The lowest BCUT2D eigenvalue weighted by atomic mass is 10.0. The molecule has 21 heavy (non-hydrogen) atoms. The molecule has 0 spiro atoms. The van der Waals surface area contributed by atoms with Crippen LogP contribution in [0.25, 0.3) is 0 Å². The van der Waals surface area contributed by atoms with Crippen molar-refractivity contribution < 1.29 is 13.2 Å². The van der Waals surface area contributed by atoms with Crippen LogP contribution in [0.2, 0.25) is 0 Å². The zero-order valence-corrected chi connectivity index (χ0v) is 13.2. The minimum atomic E-state index is -4.32. The molecule has 1 atom stereocenters. The molecule has 0 fully saturated rings. The van der Waals surface area contributed by atoms with Crippen molar-refractivity contribution in [3.05, 3.63) is 29.3 Å². The third-order valence-corrected chi connectivity index (χ3v) is 3.69. The monoisotopic (exact) mass is 302 g/mol. The van der Waals surface area contributed by atoms with Crippen molar-refractivity contribution in [2.45, 2.75) is 39.9 Å². The topological polar surface area (TPSA) is 15.3 Å². The molecule has 1 aromatic carbocycles. The number of anilines is 1. The summed E-state index contributed by atoms with van der Waals surface area (Å²) in [7, 11) is 1.84. The molecule has 0 heterocycles. The average Bonchev–Trinajstić information content (AvgIpc) is 2.43. The van der Waals surface area contributed by atoms with E-state index in [1.165, 1.54) is 6.07 Å². The summed E-state index contributed by atoms with van der Waals surface area (Å²) >= 11 is 0. The van der Waals surface area contributed by atoms with Crippen molar-refractivity contribution in [1.29, 1.82) is 0 Å². The Hall–Kier alpha value is -1.23. The highest BCUT2D eigenvalue weighted by Crippen LogP contribution is 2.34. The van der Waals surface area contributed by atoms with Gasteiger partial charge < -0.3 is 10.2 Å². The van der Waals surface area contributed by atoms with Crippen LogP contribution in [-0.4, -0.2) is 20.1 Å². The number of alkyl halides is 3. The number of halogens is 3. The third-order valence-electron chi connectivity index (χ3n) is 3.69. The first-order valence-electron chi connectivity index (χ1n) is 7.41. The number of hydrogen-bond acceptors (Lipinski definition) is 2. The van der Waals surface area contributed by atoms with Crippen molar-refractivity contribution in [3.8, 4) is 0 Å². The minimum Gasteiger partial charge on any atom is -0.374 e. The Morgan fingerprint density at radius 3 is 2.43 bits per heavy atom. The van der Waals surface area contributed by atoms with Gasteiger partial charge in [-0.2, -0.15) is 13.2 Å². The predicted molar refractivity (Wildman–Crippen MR) is 81.5 cm³/mol. The van der Waals surface area contributed by atoms with Gasteiger partial charge >= 0.3 is 6.18 Å². The van der Waals surface area contributed by atoms with Gasteiger partial charge in [0.1, 0.15) is 0 Å². The Kier molecular flexibility index (Phi) is 6.52. The van der Waals surface area contributed by atoms with Gasteiger partial charge in [-0.15, -0.1) is 0 Å². The second-order valence-corrected chi connectivity index (χ2v) is 5.51. The maximum atomic E-state index is 13.2. The van der Waals surface area contributed by atoms with E-state index in [0.717, 1.165) is 13.0 Å². The maximum absolute atomic E-state index is 13.2. The van der Waals surface area contributed by atoms with Gasteiger partial charge in [-0.1, -0.05) is 33.3 Å². The number of benzene rings is 1. The molecule has 0 aromatic heterocycles. The van der Waals surface area contributed by atoms with E-state index in [1.54, 1.807) is 12.1 Å². The van der Waals surface area contributed by atoms with Gasteiger partial charge in [0, 0.05) is 25.8 Å². The molecule has 1 N–H and O–H groups in total. The first kappa shape index (κ1) is 17.8. The lowest BCUT2D eigenvalue weighted by molar-refractivity contribution is -0.138. The van der Waals surface area contributed by atoms with Crippen molar-refractivity contribution in [1.82, 2.24) is 5.32 Å². The Bertz CT molecular complexity index is 444. The fourth-order valence-electron chi connectivity index (χ4n) is 2.18. The maximum Gasteiger partial charge on any atom is 0.416 e. The van der Waals surface area contributed by atoms with Gasteiger partial charge in [-0.3, -0.25) is 0 Å². The highest BCUT2D eigenvalue weighted by molar-refractivity contribution is 5.51. The van der Waals surface area contributed by atoms with Crippen molar-refractivity contribution in [3.63, 3.8) is 0 Å². The summed E-state index contributed by atoms with van der Waals surface area (Å²) < 4.78 is 39.6. The summed E-state index contributed by atoms with van der Waals surface area (Å²) in [5, 5.41) is 2.95. The molecular formula is C16H25F3N2. The Balaban J connectivity index is 3.03. The lowest BCUT2D eigenvalue weighted by Gasteiger charge is -2.24. The standard InChI is InChI=1S/C16H25F3N2/c1-5-12(3)11-21(4)14-8-7-13(10-20-6-2)15(9-14)16(17,18)19/h7-9,12,20H,5-6,10-11H2,1-4H3. The van der Waals surface area contributed by atoms with Gasteiger partial charge in [-0.05, 0) is 30.2 Å². The van der Waals surface area contributed by atoms with Crippen molar-refractivity contribution in [2.75, 3.05) is 25.0 Å². The molecule has 1 unspecified atom stereocenters. The van der Waals surface area contributed by atoms with Gasteiger partial charge in [0.15, 0.2) is 0 Å². The molecule has 0 bridgehead atoms. The normalized spacial score (nSPS) is 13.3. The van der Waals surface area contributed by atoms with Gasteiger partial charge in [0.05, 0.1) is 5.56 Å². The lowest BCUT2D eigenvalue weighted by Crippen LogP contribution is -2.24. The quantitative estimate of drug-likeness (QED) is 0.808. The van der Waals surface area contributed by atoms with Crippen LogP contribution in [0.1, 0.15) is 38.3 Å². The van der Waals surface area contributed by atoms with E-state index in [0.29, 0.717) is 23.7 Å². The molecule has 1 aromatic rings. The van der Waals surface area contributed by atoms with E-state index in [4.69, 9.17) is 0 Å². The molecule has 0 amide bonds. The predicted octanol–water partition coefficient (Wildman–Crippen LogP) is 4.30. The fourth-order valence-corrected chi connectivity index (χ4v) is 2.18. The highest BCUT2D eigenvalue weighted by atomic mass is 19.4. The van der Waals surface area contributed by atoms with Crippen LogP contribution in [0.4, 0.5) is 18.9 Å². The molecule has 2 nitrogen and oxygen atoms in total. The smallest absolute Gasteiger partial charge is 0.374 e. The summed E-state index contributed by atoms with van der Waals surface area (Å²) in [6.07, 6.45) is -3.31. The Labute approximate surface area is 125 Å². The zero-order valence-electron chi connectivity index (χ0n) is 13.2. The first-order valence-corrected chi connectivity index (χ1v) is 7.41. The number of hydrogen-bond donors (Lipinski definition) is 1. The van der Waals surface area contributed by atoms with E-state index in [1.807, 2.05) is 18.9 Å². The number of nitrogens with zero attached hydrogens (tertiary/aromatic N) is 1. The minimum absolute atomic E-state index is 0.237. The van der Waals surface area contributed by atoms with Crippen molar-refractivity contribution in [2.24, 2.45) is 5.92 Å². The molecule has 0 saturated heterocycles. The highest BCUT2D eigenvalue weighted by Gasteiger charge is 2.33. The second-order valence-electron chi connectivity index (χ2n) is 5.51. The van der Waals surface area contributed by atoms with E-state index in [9.17, 15) is 13.2 Å². The summed E-state index contributed by atoms with van der Waals surface area (Å²) in [6.45, 7) is 7.69. The number of rotatable bonds is 7. The summed E-state index contributed by atoms with van der Waals surface area (Å²) in [5.74, 6) is 0.450. The largest absolute Gasteiger partial charge is 0.416 e. The van der Waals surface area contributed by atoms with Gasteiger partial charge in [-0.25, -0.2) is 0 Å². The van der Waals surface area contributed by atoms with Crippen LogP contribution >= 0.6 is 0 Å². The molecule has 5 heteroatoms. The van der Waals surface area contributed by atoms with Crippen LogP contribution in [0.5, 0.6) is 0 Å². The van der Waals surface area contributed by atoms with Crippen molar-refractivity contribution >= 4 is 5.69 Å². The van der Waals surface area contributed by atoms with Crippen LogP contribution in [0.3, 0.4) is 0 Å². The SMILES string of the molecule is CCNCc1ccc(N(C)CC(C)CC)cc1C(F)(F)F. The van der Waals surface area contributed by atoms with Gasteiger partial charge in [0.2, 0.25) is 0 Å². The van der Waals surface area contributed by atoms with Crippen LogP contribution in [-0.2, 0) is 12.7 Å². The zero-order chi connectivity index (χ0) is 16.0. The van der Waals surface area contributed by atoms with Crippen LogP contribution in [0.15, 0.2) is 18.2 Å². The van der Waals surface area contributed by atoms with E-state index in [2.05, 4.69) is 19.2 Å². The Morgan fingerprint density at radius 2 is 1.90 bits per heavy atom. The molecule has 1 rings (SSSR count). The molecule has 0 radical (unpaired) electrons. The summed E-state index contributed by atoms with van der Waals surface area (Å²) in [6, 6.07) is 4.60. The fraction of sp³-hybridized carbons (Fsp3) is 0.625. The van der Waals surface area contributed by atoms with E-state index in [-0.39, 0.29) is 6.54 Å².